The number of phenols is 1. The van der Waals surface area contributed by atoms with E-state index < -0.39 is 0 Å². The highest BCUT2D eigenvalue weighted by atomic mass is 16.3. The molecule has 0 atom stereocenters. The predicted octanol–water partition coefficient (Wildman–Crippen LogP) is 2.32. The molecule has 0 spiro atoms. The topological polar surface area (TPSA) is 63.3 Å². The van der Waals surface area contributed by atoms with Crippen LogP contribution in [0.1, 0.15) is 21.5 Å². The summed E-state index contributed by atoms with van der Waals surface area (Å²) >= 11 is 0. The number of ketones is 1. The van der Waals surface area contributed by atoms with E-state index in [9.17, 15) is 9.90 Å². The SMILES string of the molecule is NCCc1ccccc1C(=O)Cc1cccc(O)c1. The minimum Gasteiger partial charge on any atom is -0.508 e. The maximum atomic E-state index is 12.3. The number of carbonyl (C=O) groups excluding carboxylic acids is 1. The van der Waals surface area contributed by atoms with E-state index in [-0.39, 0.29) is 18.0 Å². The molecule has 19 heavy (non-hydrogen) atoms. The van der Waals surface area contributed by atoms with Gasteiger partial charge in [0.2, 0.25) is 0 Å². The molecule has 0 aromatic heterocycles. The highest BCUT2D eigenvalue weighted by Crippen LogP contribution is 2.16. The Bertz CT molecular complexity index is 578. The first-order chi connectivity index (χ1) is 9.20. The Balaban J connectivity index is 2.20. The monoisotopic (exact) mass is 255 g/mol. The third kappa shape index (κ3) is 3.42. The van der Waals surface area contributed by atoms with Crippen molar-refractivity contribution in [3.63, 3.8) is 0 Å². The number of benzene rings is 2. The summed E-state index contributed by atoms with van der Waals surface area (Å²) in [5, 5.41) is 9.41. The van der Waals surface area contributed by atoms with Gasteiger partial charge >= 0.3 is 0 Å². The number of nitrogens with two attached hydrogens (primary N) is 1. The quantitative estimate of drug-likeness (QED) is 0.806. The van der Waals surface area contributed by atoms with Gasteiger partial charge in [0.1, 0.15) is 5.75 Å². The summed E-state index contributed by atoms with van der Waals surface area (Å²) < 4.78 is 0. The van der Waals surface area contributed by atoms with Gasteiger partial charge in [-0.2, -0.15) is 0 Å². The van der Waals surface area contributed by atoms with E-state index in [1.165, 1.54) is 0 Å². The number of aromatic hydroxyl groups is 1. The predicted molar refractivity (Wildman–Crippen MR) is 75.3 cm³/mol. The van der Waals surface area contributed by atoms with E-state index in [2.05, 4.69) is 0 Å². The van der Waals surface area contributed by atoms with Crippen molar-refractivity contribution in [2.75, 3.05) is 6.54 Å². The minimum atomic E-state index is 0.0506. The lowest BCUT2D eigenvalue weighted by Crippen LogP contribution is -2.10. The van der Waals surface area contributed by atoms with Gasteiger partial charge in [-0.1, -0.05) is 36.4 Å². The average molecular weight is 255 g/mol. The van der Waals surface area contributed by atoms with Crippen molar-refractivity contribution in [2.45, 2.75) is 12.8 Å². The van der Waals surface area contributed by atoms with Crippen LogP contribution < -0.4 is 5.73 Å². The molecule has 0 amide bonds. The van der Waals surface area contributed by atoms with Crippen molar-refractivity contribution in [3.05, 3.63) is 65.2 Å². The minimum absolute atomic E-state index is 0.0506. The summed E-state index contributed by atoms with van der Waals surface area (Å²) in [4.78, 5) is 12.3. The maximum absolute atomic E-state index is 12.3. The molecule has 2 aromatic rings. The van der Waals surface area contributed by atoms with Crippen LogP contribution in [0.5, 0.6) is 5.75 Å². The van der Waals surface area contributed by atoms with Crippen LogP contribution in [-0.4, -0.2) is 17.4 Å². The first-order valence-corrected chi connectivity index (χ1v) is 6.30. The van der Waals surface area contributed by atoms with Crippen molar-refractivity contribution < 1.29 is 9.90 Å². The van der Waals surface area contributed by atoms with Gasteiger partial charge in [0, 0.05) is 12.0 Å². The van der Waals surface area contributed by atoms with Gasteiger partial charge in [0.15, 0.2) is 5.78 Å². The zero-order valence-electron chi connectivity index (χ0n) is 10.7. The Morgan fingerprint density at radius 2 is 1.89 bits per heavy atom. The fourth-order valence-electron chi connectivity index (χ4n) is 2.11. The van der Waals surface area contributed by atoms with Gasteiger partial charge in [0.05, 0.1) is 0 Å². The lowest BCUT2D eigenvalue weighted by atomic mass is 9.97. The molecule has 3 heteroatoms. The molecule has 2 aromatic carbocycles. The van der Waals surface area contributed by atoms with Crippen LogP contribution in [0.3, 0.4) is 0 Å². The average Bonchev–Trinajstić information content (AvgIpc) is 2.39. The molecule has 0 saturated heterocycles. The Labute approximate surface area is 112 Å². The summed E-state index contributed by atoms with van der Waals surface area (Å²) in [6.45, 7) is 0.524. The zero-order valence-corrected chi connectivity index (χ0v) is 10.7. The molecule has 0 saturated carbocycles. The van der Waals surface area contributed by atoms with E-state index in [1.807, 2.05) is 30.3 Å². The van der Waals surface area contributed by atoms with E-state index in [1.54, 1.807) is 18.2 Å². The molecule has 0 aliphatic carbocycles. The van der Waals surface area contributed by atoms with E-state index >= 15 is 0 Å². The van der Waals surface area contributed by atoms with Gasteiger partial charge in [-0.15, -0.1) is 0 Å². The highest BCUT2D eigenvalue weighted by Gasteiger charge is 2.11. The highest BCUT2D eigenvalue weighted by molar-refractivity contribution is 5.98. The second-order valence-corrected chi connectivity index (χ2v) is 4.47. The third-order valence-electron chi connectivity index (χ3n) is 3.01. The summed E-state index contributed by atoms with van der Waals surface area (Å²) in [6.07, 6.45) is 0.984. The number of rotatable bonds is 5. The molecule has 3 nitrogen and oxygen atoms in total. The molecule has 2 rings (SSSR count). The Hall–Kier alpha value is -2.13. The number of carbonyl (C=O) groups is 1. The number of hydrogen-bond acceptors (Lipinski definition) is 3. The molecule has 3 N–H and O–H groups in total. The van der Waals surface area contributed by atoms with Crippen molar-refractivity contribution in [1.82, 2.24) is 0 Å². The smallest absolute Gasteiger partial charge is 0.167 e. The molecule has 0 aliphatic rings. The van der Waals surface area contributed by atoms with Gasteiger partial charge in [-0.25, -0.2) is 0 Å². The van der Waals surface area contributed by atoms with Gasteiger partial charge < -0.3 is 10.8 Å². The van der Waals surface area contributed by atoms with Crippen LogP contribution in [0.15, 0.2) is 48.5 Å². The van der Waals surface area contributed by atoms with Crippen molar-refractivity contribution >= 4 is 5.78 Å². The molecular formula is C16H17NO2. The summed E-state index contributed by atoms with van der Waals surface area (Å²) in [5.41, 5.74) is 8.07. The fraction of sp³-hybridized carbons (Fsp3) is 0.188. The summed E-state index contributed by atoms with van der Waals surface area (Å²) in [6, 6.07) is 14.3. The molecule has 0 unspecified atom stereocenters. The summed E-state index contributed by atoms with van der Waals surface area (Å²) in [5.74, 6) is 0.232. The number of Topliss-reactive ketones (excluding diaryl/α,β-unsaturated/α-hetero) is 1. The lowest BCUT2D eigenvalue weighted by molar-refractivity contribution is 0.0992. The zero-order chi connectivity index (χ0) is 13.7. The van der Waals surface area contributed by atoms with Crippen LogP contribution in [0, 0.1) is 0 Å². The first-order valence-electron chi connectivity index (χ1n) is 6.30. The maximum Gasteiger partial charge on any atom is 0.167 e. The summed E-state index contributed by atoms with van der Waals surface area (Å²) in [7, 11) is 0. The van der Waals surface area contributed by atoms with Gasteiger partial charge in [-0.3, -0.25) is 4.79 Å². The number of phenolic OH excluding ortho intramolecular Hbond substituents is 1. The van der Waals surface area contributed by atoms with Gasteiger partial charge in [-0.05, 0) is 36.2 Å². The van der Waals surface area contributed by atoms with Crippen LogP contribution >= 0.6 is 0 Å². The molecule has 0 bridgehead atoms. The Kier molecular flexibility index (Phi) is 4.31. The van der Waals surface area contributed by atoms with Crippen molar-refractivity contribution in [3.8, 4) is 5.75 Å². The van der Waals surface area contributed by atoms with E-state index in [0.29, 0.717) is 13.0 Å². The van der Waals surface area contributed by atoms with Crippen LogP contribution in [0.2, 0.25) is 0 Å². The largest absolute Gasteiger partial charge is 0.508 e. The van der Waals surface area contributed by atoms with Crippen molar-refractivity contribution in [2.24, 2.45) is 5.73 Å². The molecule has 0 heterocycles. The lowest BCUT2D eigenvalue weighted by Gasteiger charge is -2.08. The van der Waals surface area contributed by atoms with E-state index in [0.717, 1.165) is 16.7 Å². The second kappa shape index (κ2) is 6.16. The first kappa shape index (κ1) is 13.3. The molecule has 98 valence electrons. The second-order valence-electron chi connectivity index (χ2n) is 4.47. The van der Waals surface area contributed by atoms with Gasteiger partial charge in [0.25, 0.3) is 0 Å². The third-order valence-corrected chi connectivity index (χ3v) is 3.01. The fourth-order valence-corrected chi connectivity index (χ4v) is 2.11. The van der Waals surface area contributed by atoms with Crippen LogP contribution in [-0.2, 0) is 12.8 Å². The number of hydrogen-bond donors (Lipinski definition) is 2. The molecule has 0 radical (unpaired) electrons. The Morgan fingerprint density at radius 3 is 2.63 bits per heavy atom. The van der Waals surface area contributed by atoms with Crippen molar-refractivity contribution in [1.29, 1.82) is 0 Å². The van der Waals surface area contributed by atoms with Crippen LogP contribution in [0.4, 0.5) is 0 Å². The van der Waals surface area contributed by atoms with E-state index in [4.69, 9.17) is 5.73 Å². The normalized spacial score (nSPS) is 10.4. The Morgan fingerprint density at radius 1 is 1.11 bits per heavy atom. The molecule has 0 aliphatic heterocycles. The molecular weight excluding hydrogens is 238 g/mol. The van der Waals surface area contributed by atoms with Crippen LogP contribution in [0.25, 0.3) is 0 Å². The standard InChI is InChI=1S/C16H17NO2/c17-9-8-13-5-1-2-7-15(13)16(19)11-12-4-3-6-14(18)10-12/h1-7,10,18H,8-9,11,17H2. The molecule has 0 fully saturated rings.